The average Bonchev–Trinajstić information content (AvgIpc) is 2.98. The summed E-state index contributed by atoms with van der Waals surface area (Å²) in [6.45, 7) is 7.73. The minimum absolute atomic E-state index is 0.0979. The molecule has 12 nitrogen and oxygen atoms in total. The van der Waals surface area contributed by atoms with Crippen molar-refractivity contribution in [2.45, 2.75) is 45.1 Å². The number of hydrogen-bond acceptors (Lipinski definition) is 11. The van der Waals surface area contributed by atoms with E-state index in [9.17, 15) is 9.59 Å². The second kappa shape index (κ2) is 14.1. The van der Waals surface area contributed by atoms with Crippen LogP contribution >= 0.6 is 0 Å². The van der Waals surface area contributed by atoms with Crippen molar-refractivity contribution in [3.63, 3.8) is 0 Å². The van der Waals surface area contributed by atoms with E-state index in [0.717, 1.165) is 57.7 Å². The van der Waals surface area contributed by atoms with Gasteiger partial charge in [-0.15, -0.1) is 0 Å². The highest BCUT2D eigenvalue weighted by molar-refractivity contribution is 5.96. The van der Waals surface area contributed by atoms with Gasteiger partial charge < -0.3 is 35.5 Å². The van der Waals surface area contributed by atoms with Crippen molar-refractivity contribution < 1.29 is 23.8 Å². The molecule has 0 aliphatic carbocycles. The summed E-state index contributed by atoms with van der Waals surface area (Å²) in [7, 11) is 3.07. The zero-order valence-corrected chi connectivity index (χ0v) is 23.7. The Kier molecular flexibility index (Phi) is 10.4. The summed E-state index contributed by atoms with van der Waals surface area (Å²) in [5, 5.41) is 6.74. The smallest absolute Gasteiger partial charge is 0.305 e. The number of esters is 1. The van der Waals surface area contributed by atoms with Gasteiger partial charge in [-0.25, -0.2) is 9.97 Å². The Balaban J connectivity index is 1.47. The van der Waals surface area contributed by atoms with E-state index in [1.54, 1.807) is 7.11 Å². The lowest BCUT2D eigenvalue weighted by atomic mass is 10.1. The number of carbonyl (C=O) groups is 2. The minimum atomic E-state index is -0.643. The second-order valence-electron chi connectivity index (χ2n) is 9.98. The quantitative estimate of drug-likeness (QED) is 0.332. The summed E-state index contributed by atoms with van der Waals surface area (Å²) >= 11 is 0. The molecular formula is C28H41N7O5. The SMILES string of the molecule is CCc1nc(C(N)=O)c(Nc2ccc(N3CCN(CCCC(=O)OC)CC3)c(OC)c2)nc1NC1CCOCC1. The number of rotatable bonds is 12. The van der Waals surface area contributed by atoms with Crippen LogP contribution in [0.1, 0.15) is 48.8 Å². The highest BCUT2D eigenvalue weighted by Crippen LogP contribution is 2.34. The van der Waals surface area contributed by atoms with Crippen LogP contribution in [0.5, 0.6) is 5.75 Å². The molecule has 2 saturated heterocycles. The third-order valence-electron chi connectivity index (χ3n) is 7.34. The first-order chi connectivity index (χ1) is 19.4. The van der Waals surface area contributed by atoms with Crippen LogP contribution < -0.4 is 26.0 Å². The van der Waals surface area contributed by atoms with E-state index in [1.165, 1.54) is 7.11 Å². The minimum Gasteiger partial charge on any atom is -0.495 e. The molecule has 218 valence electrons. The van der Waals surface area contributed by atoms with Crippen LogP contribution in [0.2, 0.25) is 0 Å². The lowest BCUT2D eigenvalue weighted by molar-refractivity contribution is -0.140. The Labute approximate surface area is 235 Å². The molecule has 0 radical (unpaired) electrons. The number of piperazine rings is 1. The molecule has 0 bridgehead atoms. The highest BCUT2D eigenvalue weighted by atomic mass is 16.5. The van der Waals surface area contributed by atoms with E-state index in [0.29, 0.717) is 54.8 Å². The van der Waals surface area contributed by atoms with Gasteiger partial charge >= 0.3 is 5.97 Å². The van der Waals surface area contributed by atoms with Crippen LogP contribution in [0.3, 0.4) is 0 Å². The van der Waals surface area contributed by atoms with E-state index < -0.39 is 5.91 Å². The number of benzene rings is 1. The molecule has 0 unspecified atom stereocenters. The van der Waals surface area contributed by atoms with Crippen molar-refractivity contribution in [1.29, 1.82) is 0 Å². The molecule has 2 fully saturated rings. The van der Waals surface area contributed by atoms with Crippen molar-refractivity contribution in [2.75, 3.05) is 75.7 Å². The molecule has 4 rings (SSSR count). The van der Waals surface area contributed by atoms with E-state index in [-0.39, 0.29) is 17.7 Å². The van der Waals surface area contributed by atoms with Crippen molar-refractivity contribution in [3.8, 4) is 5.75 Å². The number of nitrogens with one attached hydrogen (secondary N) is 2. The molecule has 2 aliphatic rings. The zero-order chi connectivity index (χ0) is 28.5. The van der Waals surface area contributed by atoms with E-state index in [2.05, 4.69) is 25.4 Å². The summed E-state index contributed by atoms with van der Waals surface area (Å²) in [4.78, 5) is 37.6. The van der Waals surface area contributed by atoms with Crippen molar-refractivity contribution in [3.05, 3.63) is 29.6 Å². The molecule has 1 aromatic heterocycles. The molecule has 0 spiro atoms. The fourth-order valence-electron chi connectivity index (χ4n) is 5.04. The van der Waals surface area contributed by atoms with Gasteiger partial charge in [0.1, 0.15) is 5.75 Å². The average molecular weight is 556 g/mol. The van der Waals surface area contributed by atoms with Gasteiger partial charge in [0.2, 0.25) is 0 Å². The Bertz CT molecular complexity index is 1160. The number of nitrogens with two attached hydrogens (primary N) is 1. The number of amides is 1. The Hall–Kier alpha value is -3.64. The van der Waals surface area contributed by atoms with Gasteiger partial charge in [-0.2, -0.15) is 0 Å². The predicted molar refractivity (Wildman–Crippen MR) is 154 cm³/mol. The number of methoxy groups -OCH3 is 2. The summed E-state index contributed by atoms with van der Waals surface area (Å²) in [5.41, 5.74) is 8.19. The number of anilines is 4. The molecule has 2 aromatic rings. The van der Waals surface area contributed by atoms with Gasteiger partial charge in [-0.1, -0.05) is 6.92 Å². The van der Waals surface area contributed by atoms with Crippen LogP contribution in [-0.4, -0.2) is 92.9 Å². The fourth-order valence-corrected chi connectivity index (χ4v) is 5.04. The van der Waals surface area contributed by atoms with Gasteiger partial charge in [-0.05, 0) is 44.4 Å². The molecule has 1 amide bonds. The van der Waals surface area contributed by atoms with Gasteiger partial charge in [-0.3, -0.25) is 14.5 Å². The summed E-state index contributed by atoms with van der Waals surface area (Å²) in [5.74, 6) is 0.850. The third-order valence-corrected chi connectivity index (χ3v) is 7.34. The van der Waals surface area contributed by atoms with E-state index >= 15 is 0 Å². The first kappa shape index (κ1) is 29.3. The number of carbonyl (C=O) groups excluding carboxylic acids is 2. The Morgan fingerprint density at radius 1 is 1.10 bits per heavy atom. The standard InChI is InChI=1S/C28H41N7O5/c1-4-21-27(30-19-9-16-40-17-10-19)33-28(25(32-21)26(29)37)31-20-7-8-22(23(18-20)38-2)35-14-12-34(13-15-35)11-5-6-24(36)39-3/h7-8,18-19H,4-6,9-17H2,1-3H3,(H2,29,37)(H2,30,31,33). The van der Waals surface area contributed by atoms with Crippen LogP contribution in [0, 0.1) is 0 Å². The van der Waals surface area contributed by atoms with Crippen LogP contribution in [0.25, 0.3) is 0 Å². The Morgan fingerprint density at radius 2 is 1.85 bits per heavy atom. The van der Waals surface area contributed by atoms with E-state index in [4.69, 9.17) is 24.9 Å². The number of primary amides is 1. The van der Waals surface area contributed by atoms with Gasteiger partial charge in [0.15, 0.2) is 17.3 Å². The summed E-state index contributed by atoms with van der Waals surface area (Å²) < 4.78 is 15.9. The molecule has 1 aromatic carbocycles. The normalized spacial score (nSPS) is 16.4. The largest absolute Gasteiger partial charge is 0.495 e. The summed E-state index contributed by atoms with van der Waals surface area (Å²) in [6.07, 6.45) is 3.60. The van der Waals surface area contributed by atoms with Crippen LogP contribution in [0.15, 0.2) is 18.2 Å². The number of nitrogens with zero attached hydrogens (tertiary/aromatic N) is 4. The zero-order valence-electron chi connectivity index (χ0n) is 23.7. The maximum absolute atomic E-state index is 12.3. The molecule has 0 saturated carbocycles. The number of hydrogen-bond donors (Lipinski definition) is 3. The van der Waals surface area contributed by atoms with Crippen molar-refractivity contribution in [1.82, 2.24) is 14.9 Å². The maximum Gasteiger partial charge on any atom is 0.305 e. The molecule has 2 aliphatic heterocycles. The maximum atomic E-state index is 12.3. The molecule has 40 heavy (non-hydrogen) atoms. The first-order valence-corrected chi connectivity index (χ1v) is 14.0. The second-order valence-corrected chi connectivity index (χ2v) is 9.98. The molecular weight excluding hydrogens is 514 g/mol. The predicted octanol–water partition coefficient (Wildman–Crippen LogP) is 2.56. The lowest BCUT2D eigenvalue weighted by Crippen LogP contribution is -2.46. The van der Waals surface area contributed by atoms with Crippen LogP contribution in [0.4, 0.5) is 23.0 Å². The first-order valence-electron chi connectivity index (χ1n) is 14.0. The van der Waals surface area contributed by atoms with Gasteiger partial charge in [0, 0.05) is 63.6 Å². The fraction of sp³-hybridized carbons (Fsp3) is 0.571. The third kappa shape index (κ3) is 7.51. The lowest BCUT2D eigenvalue weighted by Gasteiger charge is -2.36. The van der Waals surface area contributed by atoms with Crippen LogP contribution in [-0.2, 0) is 20.7 Å². The number of aryl methyl sites for hydroxylation is 1. The molecule has 0 atom stereocenters. The highest BCUT2D eigenvalue weighted by Gasteiger charge is 2.23. The molecule has 3 heterocycles. The topological polar surface area (TPSA) is 144 Å². The van der Waals surface area contributed by atoms with Crippen molar-refractivity contribution in [2.24, 2.45) is 5.73 Å². The summed E-state index contributed by atoms with van der Waals surface area (Å²) in [6, 6.07) is 6.07. The molecule has 4 N–H and O–H groups in total. The van der Waals surface area contributed by atoms with E-state index in [1.807, 2.05) is 25.1 Å². The van der Waals surface area contributed by atoms with Crippen molar-refractivity contribution >= 4 is 34.9 Å². The number of aromatic nitrogens is 2. The Morgan fingerprint density at radius 3 is 2.50 bits per heavy atom. The van der Waals surface area contributed by atoms with Gasteiger partial charge in [0.05, 0.1) is 25.6 Å². The monoisotopic (exact) mass is 555 g/mol. The molecule has 12 heteroatoms. The van der Waals surface area contributed by atoms with Gasteiger partial charge in [0.25, 0.3) is 5.91 Å². The number of ether oxygens (including phenoxy) is 3.